The van der Waals surface area contributed by atoms with Crippen LogP contribution in [0.3, 0.4) is 0 Å². The molecule has 1 aromatic rings. The zero-order valence-electron chi connectivity index (χ0n) is 12.8. The molecule has 1 aliphatic rings. The van der Waals surface area contributed by atoms with Crippen molar-refractivity contribution in [2.75, 3.05) is 20.8 Å². The minimum Gasteiger partial charge on any atom is -0.493 e. The van der Waals surface area contributed by atoms with Gasteiger partial charge in [-0.1, -0.05) is 12.1 Å². The van der Waals surface area contributed by atoms with Gasteiger partial charge in [-0.05, 0) is 39.8 Å². The SMILES string of the molecule is COc1c(F)cccc1CN(C)[C@@H]1CCOC(C)(C)C1. The smallest absolute Gasteiger partial charge is 0.165 e. The first-order valence-electron chi connectivity index (χ1n) is 7.08. The summed E-state index contributed by atoms with van der Waals surface area (Å²) in [6, 6.07) is 5.53. The molecule has 1 heterocycles. The quantitative estimate of drug-likeness (QED) is 0.846. The van der Waals surface area contributed by atoms with Crippen LogP contribution in [0.25, 0.3) is 0 Å². The van der Waals surface area contributed by atoms with Crippen molar-refractivity contribution >= 4 is 0 Å². The molecule has 3 nitrogen and oxygen atoms in total. The summed E-state index contributed by atoms with van der Waals surface area (Å²) in [7, 11) is 3.59. The van der Waals surface area contributed by atoms with Gasteiger partial charge in [0.1, 0.15) is 0 Å². The van der Waals surface area contributed by atoms with Crippen LogP contribution in [0.1, 0.15) is 32.3 Å². The molecule has 0 N–H and O–H groups in total. The van der Waals surface area contributed by atoms with Gasteiger partial charge in [0.15, 0.2) is 11.6 Å². The van der Waals surface area contributed by atoms with Gasteiger partial charge < -0.3 is 9.47 Å². The van der Waals surface area contributed by atoms with Crippen LogP contribution in [0.2, 0.25) is 0 Å². The van der Waals surface area contributed by atoms with E-state index in [0.29, 0.717) is 18.3 Å². The third kappa shape index (κ3) is 3.49. The molecular weight excluding hydrogens is 257 g/mol. The lowest BCUT2D eigenvalue weighted by Crippen LogP contribution is -2.44. The highest BCUT2D eigenvalue weighted by molar-refractivity contribution is 5.34. The maximum atomic E-state index is 13.7. The molecular formula is C16H24FNO2. The number of methoxy groups -OCH3 is 1. The second-order valence-electron chi connectivity index (χ2n) is 6.10. The number of halogens is 1. The second kappa shape index (κ2) is 6.10. The second-order valence-corrected chi connectivity index (χ2v) is 6.10. The zero-order valence-corrected chi connectivity index (χ0v) is 12.8. The van der Waals surface area contributed by atoms with Gasteiger partial charge in [-0.25, -0.2) is 4.39 Å². The monoisotopic (exact) mass is 281 g/mol. The molecule has 1 atom stereocenters. The highest BCUT2D eigenvalue weighted by Gasteiger charge is 2.31. The molecule has 1 fully saturated rings. The van der Waals surface area contributed by atoms with Crippen LogP contribution in [0.5, 0.6) is 5.75 Å². The highest BCUT2D eigenvalue weighted by Crippen LogP contribution is 2.29. The summed E-state index contributed by atoms with van der Waals surface area (Å²) in [6.45, 7) is 5.70. The number of para-hydroxylation sites is 1. The summed E-state index contributed by atoms with van der Waals surface area (Å²) >= 11 is 0. The maximum Gasteiger partial charge on any atom is 0.165 e. The molecule has 0 amide bonds. The van der Waals surface area contributed by atoms with Crippen molar-refractivity contribution in [1.29, 1.82) is 0 Å². The molecule has 1 aliphatic heterocycles. The van der Waals surface area contributed by atoms with Gasteiger partial charge in [-0.15, -0.1) is 0 Å². The van der Waals surface area contributed by atoms with E-state index in [2.05, 4.69) is 25.8 Å². The number of benzene rings is 1. The molecule has 20 heavy (non-hydrogen) atoms. The molecule has 0 spiro atoms. The number of rotatable bonds is 4. The van der Waals surface area contributed by atoms with Crippen LogP contribution in [0.4, 0.5) is 4.39 Å². The lowest BCUT2D eigenvalue weighted by molar-refractivity contribution is -0.0810. The Balaban J connectivity index is 2.08. The summed E-state index contributed by atoms with van der Waals surface area (Å²) < 4.78 is 24.6. The largest absolute Gasteiger partial charge is 0.493 e. The van der Waals surface area contributed by atoms with E-state index in [1.54, 1.807) is 6.07 Å². The van der Waals surface area contributed by atoms with E-state index < -0.39 is 0 Å². The van der Waals surface area contributed by atoms with E-state index in [1.165, 1.54) is 13.2 Å². The van der Waals surface area contributed by atoms with Gasteiger partial charge in [0.25, 0.3) is 0 Å². The summed E-state index contributed by atoms with van der Waals surface area (Å²) in [6.07, 6.45) is 2.00. The molecule has 0 unspecified atom stereocenters. The van der Waals surface area contributed by atoms with Gasteiger partial charge in [0.2, 0.25) is 0 Å². The van der Waals surface area contributed by atoms with Crippen molar-refractivity contribution in [3.8, 4) is 5.75 Å². The van der Waals surface area contributed by atoms with Crippen molar-refractivity contribution in [2.24, 2.45) is 0 Å². The Hall–Kier alpha value is -1.13. The predicted octanol–water partition coefficient (Wildman–Crippen LogP) is 3.22. The Labute approximate surface area is 120 Å². The van der Waals surface area contributed by atoms with E-state index in [0.717, 1.165) is 25.0 Å². The molecule has 0 aliphatic carbocycles. The van der Waals surface area contributed by atoms with Crippen molar-refractivity contribution in [3.63, 3.8) is 0 Å². The van der Waals surface area contributed by atoms with Gasteiger partial charge in [0.05, 0.1) is 12.7 Å². The molecule has 0 bridgehead atoms. The Bertz CT molecular complexity index is 462. The van der Waals surface area contributed by atoms with Gasteiger partial charge in [0, 0.05) is 24.8 Å². The number of ether oxygens (including phenoxy) is 2. The normalized spacial score (nSPS) is 22.0. The molecule has 0 saturated carbocycles. The number of nitrogens with zero attached hydrogens (tertiary/aromatic N) is 1. The van der Waals surface area contributed by atoms with Crippen LogP contribution >= 0.6 is 0 Å². The molecule has 1 aromatic carbocycles. The molecule has 1 saturated heterocycles. The fourth-order valence-corrected chi connectivity index (χ4v) is 2.88. The van der Waals surface area contributed by atoms with Gasteiger partial charge >= 0.3 is 0 Å². The first-order valence-corrected chi connectivity index (χ1v) is 7.08. The van der Waals surface area contributed by atoms with Crippen LogP contribution < -0.4 is 4.74 Å². The van der Waals surface area contributed by atoms with E-state index in [-0.39, 0.29) is 11.4 Å². The summed E-state index contributed by atoms with van der Waals surface area (Å²) in [5.74, 6) is 0.0522. The fourth-order valence-electron chi connectivity index (χ4n) is 2.88. The molecule has 112 valence electrons. The lowest BCUT2D eigenvalue weighted by atomic mass is 9.93. The number of hydrogen-bond acceptors (Lipinski definition) is 3. The fraction of sp³-hybridized carbons (Fsp3) is 0.625. The van der Waals surface area contributed by atoms with Gasteiger partial charge in [-0.3, -0.25) is 4.90 Å². The summed E-state index contributed by atoms with van der Waals surface area (Å²) in [4.78, 5) is 2.27. The molecule has 0 radical (unpaired) electrons. The van der Waals surface area contributed by atoms with E-state index in [4.69, 9.17) is 9.47 Å². The van der Waals surface area contributed by atoms with Crippen LogP contribution in [-0.4, -0.2) is 37.3 Å². The standard InChI is InChI=1S/C16H24FNO2/c1-16(2)10-13(8-9-20-16)18(3)11-12-6-5-7-14(17)15(12)19-4/h5-7,13H,8-11H2,1-4H3/t13-/m1/s1. The van der Waals surface area contributed by atoms with E-state index in [9.17, 15) is 4.39 Å². The third-order valence-corrected chi connectivity index (χ3v) is 3.97. The predicted molar refractivity (Wildman–Crippen MR) is 77.5 cm³/mol. The average Bonchev–Trinajstić information content (AvgIpc) is 2.38. The first kappa shape index (κ1) is 15.3. The Morgan fingerprint density at radius 2 is 2.20 bits per heavy atom. The highest BCUT2D eigenvalue weighted by atomic mass is 19.1. The van der Waals surface area contributed by atoms with Crippen molar-refractivity contribution in [3.05, 3.63) is 29.6 Å². The zero-order chi connectivity index (χ0) is 14.8. The molecule has 4 heteroatoms. The van der Waals surface area contributed by atoms with Crippen LogP contribution in [0.15, 0.2) is 18.2 Å². The molecule has 0 aromatic heterocycles. The maximum absolute atomic E-state index is 13.7. The van der Waals surface area contributed by atoms with E-state index >= 15 is 0 Å². The lowest BCUT2D eigenvalue weighted by Gasteiger charge is -2.40. The van der Waals surface area contributed by atoms with Crippen molar-refractivity contribution < 1.29 is 13.9 Å². The van der Waals surface area contributed by atoms with Crippen LogP contribution in [-0.2, 0) is 11.3 Å². The minimum absolute atomic E-state index is 0.0802. The number of hydrogen-bond donors (Lipinski definition) is 0. The van der Waals surface area contributed by atoms with Crippen molar-refractivity contribution in [1.82, 2.24) is 4.90 Å². The minimum atomic E-state index is -0.300. The Morgan fingerprint density at radius 3 is 2.85 bits per heavy atom. The Kier molecular flexibility index (Phi) is 4.66. The average molecular weight is 281 g/mol. The first-order chi connectivity index (χ1) is 9.43. The van der Waals surface area contributed by atoms with E-state index in [1.807, 2.05) is 6.07 Å². The van der Waals surface area contributed by atoms with Crippen molar-refractivity contribution in [2.45, 2.75) is 44.9 Å². The molecule has 2 rings (SSSR count). The summed E-state index contributed by atoms with van der Waals surface area (Å²) in [5.41, 5.74) is 0.808. The third-order valence-electron chi connectivity index (χ3n) is 3.97. The summed E-state index contributed by atoms with van der Waals surface area (Å²) in [5, 5.41) is 0. The topological polar surface area (TPSA) is 21.7 Å². The Morgan fingerprint density at radius 1 is 1.45 bits per heavy atom. The van der Waals surface area contributed by atoms with Gasteiger partial charge in [-0.2, -0.15) is 0 Å². The van der Waals surface area contributed by atoms with Crippen LogP contribution in [0, 0.1) is 5.82 Å².